The third-order valence-electron chi connectivity index (χ3n) is 5.09. The third-order valence-corrected chi connectivity index (χ3v) is 5.09. The standard InChI is InChI=1S/C20H19NO3/c1-24-14-9-10-18-17(11-14)15-3-2-4-16(15)19(21-18)12-5-7-13(8-6-12)20(22)23/h2-3,5-11,15-16,19,21H,4H2,1H3,(H,22,23)/t15?,16?,19-/m1/s1. The molecular weight excluding hydrogens is 302 g/mol. The maximum Gasteiger partial charge on any atom is 0.335 e. The average molecular weight is 321 g/mol. The van der Waals surface area contributed by atoms with Gasteiger partial charge in [-0.2, -0.15) is 0 Å². The topological polar surface area (TPSA) is 58.6 Å². The summed E-state index contributed by atoms with van der Waals surface area (Å²) in [5, 5.41) is 12.7. The van der Waals surface area contributed by atoms with Crippen LogP contribution in [0.15, 0.2) is 54.6 Å². The van der Waals surface area contributed by atoms with Crippen molar-refractivity contribution >= 4 is 11.7 Å². The van der Waals surface area contributed by atoms with Gasteiger partial charge in [-0.25, -0.2) is 4.79 Å². The minimum Gasteiger partial charge on any atom is -0.497 e. The highest BCUT2D eigenvalue weighted by Crippen LogP contribution is 2.50. The number of carboxylic acids is 1. The van der Waals surface area contributed by atoms with Crippen molar-refractivity contribution in [3.05, 3.63) is 71.3 Å². The minimum absolute atomic E-state index is 0.175. The van der Waals surface area contributed by atoms with Crippen molar-refractivity contribution in [1.82, 2.24) is 0 Å². The maximum atomic E-state index is 11.1. The molecule has 0 aromatic heterocycles. The Bertz CT molecular complexity index is 810. The van der Waals surface area contributed by atoms with Gasteiger partial charge in [-0.15, -0.1) is 0 Å². The molecule has 1 heterocycles. The van der Waals surface area contributed by atoms with Gasteiger partial charge in [0.05, 0.1) is 18.7 Å². The zero-order valence-corrected chi connectivity index (χ0v) is 13.4. The van der Waals surface area contributed by atoms with Gasteiger partial charge in [0.15, 0.2) is 0 Å². The van der Waals surface area contributed by atoms with E-state index in [9.17, 15) is 4.79 Å². The fourth-order valence-electron chi connectivity index (χ4n) is 3.86. The number of carbonyl (C=O) groups is 1. The van der Waals surface area contributed by atoms with E-state index in [1.165, 1.54) is 5.56 Å². The van der Waals surface area contributed by atoms with Crippen molar-refractivity contribution in [3.8, 4) is 5.75 Å². The van der Waals surface area contributed by atoms with Gasteiger partial charge in [0.2, 0.25) is 0 Å². The number of carboxylic acid groups (broad SMARTS) is 1. The van der Waals surface area contributed by atoms with E-state index >= 15 is 0 Å². The third kappa shape index (κ3) is 2.35. The summed E-state index contributed by atoms with van der Waals surface area (Å²) in [7, 11) is 1.69. The highest BCUT2D eigenvalue weighted by Gasteiger charge is 2.38. The Balaban J connectivity index is 1.71. The summed E-state index contributed by atoms with van der Waals surface area (Å²) < 4.78 is 5.37. The van der Waals surface area contributed by atoms with Crippen LogP contribution in [0.1, 0.15) is 39.9 Å². The van der Waals surface area contributed by atoms with E-state index in [0.29, 0.717) is 17.4 Å². The molecule has 2 aliphatic rings. The number of anilines is 1. The maximum absolute atomic E-state index is 11.1. The molecular formula is C20H19NO3. The number of hydrogen-bond acceptors (Lipinski definition) is 3. The molecule has 4 rings (SSSR count). The molecule has 0 amide bonds. The number of methoxy groups -OCH3 is 1. The molecule has 2 aromatic carbocycles. The number of ether oxygens (including phenoxy) is 1. The van der Waals surface area contributed by atoms with Gasteiger partial charge in [-0.3, -0.25) is 0 Å². The van der Waals surface area contributed by atoms with Crippen LogP contribution in [0.25, 0.3) is 0 Å². The van der Waals surface area contributed by atoms with Crippen molar-refractivity contribution in [1.29, 1.82) is 0 Å². The van der Waals surface area contributed by atoms with Crippen molar-refractivity contribution < 1.29 is 14.6 Å². The largest absolute Gasteiger partial charge is 0.497 e. The summed E-state index contributed by atoms with van der Waals surface area (Å²) >= 11 is 0. The van der Waals surface area contributed by atoms with Gasteiger partial charge in [0, 0.05) is 11.6 Å². The second kappa shape index (κ2) is 5.71. The van der Waals surface area contributed by atoms with Crippen LogP contribution in [0.4, 0.5) is 5.69 Å². The van der Waals surface area contributed by atoms with Gasteiger partial charge < -0.3 is 15.2 Å². The predicted octanol–water partition coefficient (Wildman–Crippen LogP) is 4.22. The number of nitrogens with one attached hydrogen (secondary N) is 1. The second-order valence-electron chi connectivity index (χ2n) is 6.36. The SMILES string of the molecule is COc1ccc2c(c1)C1C=CCC1[C@@H](c1ccc(C(=O)O)cc1)N2. The highest BCUT2D eigenvalue weighted by atomic mass is 16.5. The van der Waals surface area contributed by atoms with Crippen molar-refractivity contribution in [2.45, 2.75) is 18.4 Å². The zero-order valence-electron chi connectivity index (χ0n) is 13.4. The first kappa shape index (κ1) is 14.8. The molecule has 0 fully saturated rings. The van der Waals surface area contributed by atoms with E-state index in [2.05, 4.69) is 29.6 Å². The molecule has 2 aromatic rings. The Kier molecular flexibility index (Phi) is 3.53. The molecule has 24 heavy (non-hydrogen) atoms. The average Bonchev–Trinajstić information content (AvgIpc) is 3.10. The first-order valence-corrected chi connectivity index (χ1v) is 8.12. The van der Waals surface area contributed by atoms with Crippen LogP contribution in [0.5, 0.6) is 5.75 Å². The molecule has 0 bridgehead atoms. The summed E-state index contributed by atoms with van der Waals surface area (Å²) in [5.41, 5.74) is 3.84. The lowest BCUT2D eigenvalue weighted by atomic mass is 9.77. The van der Waals surface area contributed by atoms with Crippen molar-refractivity contribution in [2.24, 2.45) is 5.92 Å². The lowest BCUT2D eigenvalue weighted by Gasteiger charge is -2.37. The molecule has 1 aliphatic carbocycles. The van der Waals surface area contributed by atoms with Crippen LogP contribution < -0.4 is 10.1 Å². The molecule has 0 radical (unpaired) electrons. The van der Waals surface area contributed by atoms with E-state index in [1.807, 2.05) is 18.2 Å². The monoisotopic (exact) mass is 321 g/mol. The van der Waals surface area contributed by atoms with Crippen LogP contribution in [0.2, 0.25) is 0 Å². The number of hydrogen-bond donors (Lipinski definition) is 2. The van der Waals surface area contributed by atoms with Crippen LogP contribution in [0.3, 0.4) is 0 Å². The van der Waals surface area contributed by atoms with Crippen LogP contribution in [0, 0.1) is 5.92 Å². The summed E-state index contributed by atoms with van der Waals surface area (Å²) in [5.74, 6) is 0.774. The summed E-state index contributed by atoms with van der Waals surface area (Å²) in [4.78, 5) is 11.1. The first-order chi connectivity index (χ1) is 11.7. The summed E-state index contributed by atoms with van der Waals surface area (Å²) in [6.07, 6.45) is 5.53. The fourth-order valence-corrected chi connectivity index (χ4v) is 3.86. The lowest BCUT2D eigenvalue weighted by molar-refractivity contribution is 0.0697. The number of aromatic carboxylic acids is 1. The van der Waals surface area contributed by atoms with Gasteiger partial charge in [0.25, 0.3) is 0 Å². The molecule has 0 saturated carbocycles. The first-order valence-electron chi connectivity index (χ1n) is 8.12. The van der Waals surface area contributed by atoms with Gasteiger partial charge in [-0.1, -0.05) is 24.3 Å². The summed E-state index contributed by atoms with van der Waals surface area (Å²) in [6.45, 7) is 0. The Labute approximate surface area is 140 Å². The van der Waals surface area contributed by atoms with E-state index in [4.69, 9.17) is 9.84 Å². The number of fused-ring (bicyclic) bond motifs is 3. The Morgan fingerprint density at radius 2 is 2.00 bits per heavy atom. The number of allylic oxidation sites excluding steroid dienone is 2. The Morgan fingerprint density at radius 1 is 1.21 bits per heavy atom. The zero-order chi connectivity index (χ0) is 16.7. The van der Waals surface area contributed by atoms with Gasteiger partial charge in [-0.05, 0) is 53.8 Å². The van der Waals surface area contributed by atoms with Crippen molar-refractivity contribution in [2.75, 3.05) is 12.4 Å². The van der Waals surface area contributed by atoms with Gasteiger partial charge >= 0.3 is 5.97 Å². The molecule has 4 nitrogen and oxygen atoms in total. The second-order valence-corrected chi connectivity index (χ2v) is 6.36. The number of benzene rings is 2. The fraction of sp³-hybridized carbons (Fsp3) is 0.250. The Hall–Kier alpha value is -2.75. The number of rotatable bonds is 3. The lowest BCUT2D eigenvalue weighted by Crippen LogP contribution is -2.29. The molecule has 2 N–H and O–H groups in total. The molecule has 1 aliphatic heterocycles. The smallest absolute Gasteiger partial charge is 0.335 e. The van der Waals surface area contributed by atoms with E-state index < -0.39 is 5.97 Å². The molecule has 4 heteroatoms. The van der Waals surface area contributed by atoms with Crippen LogP contribution in [-0.2, 0) is 0 Å². The molecule has 122 valence electrons. The normalized spacial score (nSPS) is 24.0. The predicted molar refractivity (Wildman–Crippen MR) is 92.7 cm³/mol. The van der Waals surface area contributed by atoms with Gasteiger partial charge in [0.1, 0.15) is 5.75 Å². The molecule has 3 atom stereocenters. The molecule has 2 unspecified atom stereocenters. The quantitative estimate of drug-likeness (QED) is 0.831. The van der Waals surface area contributed by atoms with E-state index in [0.717, 1.165) is 23.4 Å². The van der Waals surface area contributed by atoms with E-state index in [1.54, 1.807) is 19.2 Å². The van der Waals surface area contributed by atoms with E-state index in [-0.39, 0.29) is 6.04 Å². The Morgan fingerprint density at radius 3 is 2.71 bits per heavy atom. The minimum atomic E-state index is -0.893. The highest BCUT2D eigenvalue weighted by molar-refractivity contribution is 5.87. The van der Waals surface area contributed by atoms with Crippen molar-refractivity contribution in [3.63, 3.8) is 0 Å². The van der Waals surface area contributed by atoms with Crippen LogP contribution >= 0.6 is 0 Å². The summed E-state index contributed by atoms with van der Waals surface area (Å²) in [6, 6.07) is 13.5. The van der Waals surface area contributed by atoms with Crippen LogP contribution in [-0.4, -0.2) is 18.2 Å². The molecule has 0 saturated heterocycles. The molecule has 0 spiro atoms.